The Morgan fingerprint density at radius 1 is 1.31 bits per heavy atom. The van der Waals surface area contributed by atoms with Crippen LogP contribution in [0.3, 0.4) is 0 Å². The number of hydrogen-bond acceptors (Lipinski definition) is 3. The number of nitrogens with zero attached hydrogens (tertiary/aromatic N) is 3. The maximum absolute atomic E-state index is 12.9. The normalized spacial score (nSPS) is 8.85. The van der Waals surface area contributed by atoms with Crippen LogP contribution >= 0.6 is 0 Å². The van der Waals surface area contributed by atoms with Crippen molar-refractivity contribution in [2.75, 3.05) is 0 Å². The standard InChI is InChI=1S/C9H6FN3/c10-9-8(2-4-12)5-7(1-3-11)6-13-9/h5-6H,1-2H2. The summed E-state index contributed by atoms with van der Waals surface area (Å²) in [6.07, 6.45) is 1.48. The van der Waals surface area contributed by atoms with E-state index in [1.165, 1.54) is 12.3 Å². The molecule has 0 bridgehead atoms. The van der Waals surface area contributed by atoms with Gasteiger partial charge in [-0.3, -0.25) is 0 Å². The molecule has 0 N–H and O–H groups in total. The van der Waals surface area contributed by atoms with Gasteiger partial charge in [0.2, 0.25) is 5.95 Å². The first-order valence-electron chi connectivity index (χ1n) is 3.65. The molecule has 0 aliphatic rings. The molecule has 1 heterocycles. The summed E-state index contributed by atoms with van der Waals surface area (Å²) >= 11 is 0. The molecule has 64 valence electrons. The van der Waals surface area contributed by atoms with E-state index in [1.807, 2.05) is 12.1 Å². The zero-order chi connectivity index (χ0) is 9.68. The molecule has 0 aromatic carbocycles. The maximum Gasteiger partial charge on any atom is 0.217 e. The van der Waals surface area contributed by atoms with Crippen LogP contribution in [-0.4, -0.2) is 4.98 Å². The Balaban J connectivity index is 2.99. The van der Waals surface area contributed by atoms with Crippen molar-refractivity contribution in [1.82, 2.24) is 4.98 Å². The minimum absolute atomic E-state index is 0.0158. The Morgan fingerprint density at radius 2 is 2.00 bits per heavy atom. The van der Waals surface area contributed by atoms with E-state index in [2.05, 4.69) is 4.98 Å². The molecular weight excluding hydrogens is 169 g/mol. The van der Waals surface area contributed by atoms with Gasteiger partial charge in [0.25, 0.3) is 0 Å². The highest BCUT2D eigenvalue weighted by atomic mass is 19.1. The van der Waals surface area contributed by atoms with Crippen molar-refractivity contribution >= 4 is 0 Å². The van der Waals surface area contributed by atoms with E-state index in [0.29, 0.717) is 5.56 Å². The van der Waals surface area contributed by atoms with Crippen molar-refractivity contribution in [3.63, 3.8) is 0 Å². The monoisotopic (exact) mass is 175 g/mol. The second kappa shape index (κ2) is 4.18. The molecule has 1 aromatic heterocycles. The lowest BCUT2D eigenvalue weighted by atomic mass is 10.1. The third kappa shape index (κ3) is 2.25. The average Bonchev–Trinajstić information content (AvgIpc) is 2.12. The van der Waals surface area contributed by atoms with Gasteiger partial charge in [-0.1, -0.05) is 0 Å². The second-order valence-corrected chi connectivity index (χ2v) is 2.46. The van der Waals surface area contributed by atoms with Gasteiger partial charge in [-0.05, 0) is 11.6 Å². The summed E-state index contributed by atoms with van der Waals surface area (Å²) in [5, 5.41) is 16.7. The van der Waals surface area contributed by atoms with E-state index in [4.69, 9.17) is 10.5 Å². The zero-order valence-electron chi connectivity index (χ0n) is 6.79. The Kier molecular flexibility index (Phi) is 2.94. The predicted octanol–water partition coefficient (Wildman–Crippen LogP) is 1.35. The second-order valence-electron chi connectivity index (χ2n) is 2.46. The summed E-state index contributed by atoms with van der Waals surface area (Å²) in [6, 6.07) is 5.25. The van der Waals surface area contributed by atoms with Crippen molar-refractivity contribution in [3.05, 3.63) is 29.3 Å². The van der Waals surface area contributed by atoms with E-state index < -0.39 is 5.95 Å². The van der Waals surface area contributed by atoms with Crippen LogP contribution in [0.4, 0.5) is 4.39 Å². The molecule has 0 aliphatic carbocycles. The molecule has 0 aliphatic heterocycles. The first-order valence-corrected chi connectivity index (χ1v) is 3.65. The molecule has 0 unspecified atom stereocenters. The SMILES string of the molecule is N#CCc1cnc(F)c(CC#N)c1. The van der Waals surface area contributed by atoms with E-state index in [1.54, 1.807) is 0 Å². The molecule has 0 atom stereocenters. The van der Waals surface area contributed by atoms with E-state index >= 15 is 0 Å². The highest BCUT2D eigenvalue weighted by molar-refractivity contribution is 5.23. The minimum Gasteiger partial charge on any atom is -0.228 e. The zero-order valence-corrected chi connectivity index (χ0v) is 6.79. The number of hydrogen-bond donors (Lipinski definition) is 0. The van der Waals surface area contributed by atoms with Gasteiger partial charge >= 0.3 is 0 Å². The lowest BCUT2D eigenvalue weighted by Gasteiger charge is -1.98. The largest absolute Gasteiger partial charge is 0.228 e. The van der Waals surface area contributed by atoms with Crippen LogP contribution in [0.25, 0.3) is 0 Å². The van der Waals surface area contributed by atoms with Crippen molar-refractivity contribution in [1.29, 1.82) is 10.5 Å². The van der Waals surface area contributed by atoms with Crippen LogP contribution in [0.1, 0.15) is 11.1 Å². The minimum atomic E-state index is -0.636. The summed E-state index contributed by atoms with van der Waals surface area (Å²) in [4.78, 5) is 3.45. The molecule has 0 saturated carbocycles. The molecule has 0 amide bonds. The van der Waals surface area contributed by atoms with Crippen LogP contribution in [0, 0.1) is 28.6 Å². The fraction of sp³-hybridized carbons (Fsp3) is 0.222. The maximum atomic E-state index is 12.9. The summed E-state index contributed by atoms with van der Waals surface area (Å²) in [7, 11) is 0. The molecule has 1 rings (SSSR count). The molecule has 1 aromatic rings. The molecule has 0 spiro atoms. The summed E-state index contributed by atoms with van der Waals surface area (Å²) in [6.45, 7) is 0. The van der Waals surface area contributed by atoms with Gasteiger partial charge in [-0.25, -0.2) is 4.98 Å². The van der Waals surface area contributed by atoms with Gasteiger partial charge in [0.15, 0.2) is 0 Å². The van der Waals surface area contributed by atoms with Gasteiger partial charge in [0.1, 0.15) is 0 Å². The topological polar surface area (TPSA) is 60.5 Å². The highest BCUT2D eigenvalue weighted by Crippen LogP contribution is 2.08. The van der Waals surface area contributed by atoms with Gasteiger partial charge < -0.3 is 0 Å². The van der Waals surface area contributed by atoms with Gasteiger partial charge in [0, 0.05) is 11.8 Å². The predicted molar refractivity (Wildman–Crippen MR) is 42.8 cm³/mol. The summed E-state index contributed by atoms with van der Waals surface area (Å²) < 4.78 is 12.9. The smallest absolute Gasteiger partial charge is 0.217 e. The highest BCUT2D eigenvalue weighted by Gasteiger charge is 2.03. The first-order chi connectivity index (χ1) is 6.27. The molecule has 3 nitrogen and oxygen atoms in total. The van der Waals surface area contributed by atoms with Crippen molar-refractivity contribution in [3.8, 4) is 12.1 Å². The third-order valence-electron chi connectivity index (χ3n) is 1.52. The van der Waals surface area contributed by atoms with Crippen LogP contribution in [0.15, 0.2) is 12.3 Å². The first kappa shape index (κ1) is 9.15. The summed E-state index contributed by atoms with van der Waals surface area (Å²) in [5.41, 5.74) is 0.879. The number of rotatable bonds is 2. The van der Waals surface area contributed by atoms with Crippen molar-refractivity contribution in [2.24, 2.45) is 0 Å². The Morgan fingerprint density at radius 3 is 2.62 bits per heavy atom. The van der Waals surface area contributed by atoms with Crippen molar-refractivity contribution < 1.29 is 4.39 Å². The molecular formula is C9H6FN3. The molecule has 4 heteroatoms. The Bertz CT molecular complexity index is 387. The van der Waals surface area contributed by atoms with Crippen LogP contribution in [0.2, 0.25) is 0 Å². The van der Waals surface area contributed by atoms with Gasteiger partial charge in [-0.15, -0.1) is 0 Å². The molecule has 0 radical (unpaired) electrons. The molecule has 0 saturated heterocycles. The van der Waals surface area contributed by atoms with Gasteiger partial charge in [0.05, 0.1) is 25.0 Å². The quantitative estimate of drug-likeness (QED) is 0.637. The average molecular weight is 175 g/mol. The van der Waals surface area contributed by atoms with Crippen LogP contribution in [0.5, 0.6) is 0 Å². The summed E-state index contributed by atoms with van der Waals surface area (Å²) in [5.74, 6) is -0.636. The fourth-order valence-corrected chi connectivity index (χ4v) is 0.940. The lowest BCUT2D eigenvalue weighted by molar-refractivity contribution is 0.570. The van der Waals surface area contributed by atoms with Crippen molar-refractivity contribution in [2.45, 2.75) is 12.8 Å². The van der Waals surface area contributed by atoms with Crippen LogP contribution in [-0.2, 0) is 12.8 Å². The number of pyridine rings is 1. The Hall–Kier alpha value is -1.94. The lowest BCUT2D eigenvalue weighted by Crippen LogP contribution is -1.95. The fourth-order valence-electron chi connectivity index (χ4n) is 0.940. The Labute approximate surface area is 75.1 Å². The number of halogens is 1. The van der Waals surface area contributed by atoms with Gasteiger partial charge in [-0.2, -0.15) is 14.9 Å². The molecule has 0 fully saturated rings. The van der Waals surface area contributed by atoms with E-state index in [0.717, 1.165) is 0 Å². The third-order valence-corrected chi connectivity index (χ3v) is 1.52. The number of aromatic nitrogens is 1. The van der Waals surface area contributed by atoms with E-state index in [9.17, 15) is 4.39 Å². The van der Waals surface area contributed by atoms with Crippen LogP contribution < -0.4 is 0 Å². The molecule has 13 heavy (non-hydrogen) atoms. The van der Waals surface area contributed by atoms with E-state index in [-0.39, 0.29) is 18.4 Å². The number of nitriles is 2.